The van der Waals surface area contributed by atoms with Gasteiger partial charge in [-0.15, -0.1) is 0 Å². The number of rotatable bonds is 6. The monoisotopic (exact) mass is 290 g/mol. The topological polar surface area (TPSA) is 42.4 Å². The van der Waals surface area contributed by atoms with Gasteiger partial charge in [-0.2, -0.15) is 13.2 Å². The molecule has 0 atom stereocenters. The van der Waals surface area contributed by atoms with Crippen molar-refractivity contribution in [3.05, 3.63) is 23.9 Å². The fourth-order valence-electron chi connectivity index (χ4n) is 1.66. The first-order valence-electron chi connectivity index (χ1n) is 6.33. The number of nitrogens with zero attached hydrogens (tertiary/aromatic N) is 2. The van der Waals surface area contributed by atoms with Crippen molar-refractivity contribution >= 4 is 11.8 Å². The number of pyridine rings is 1. The van der Waals surface area contributed by atoms with E-state index in [2.05, 4.69) is 4.98 Å². The standard InChI is InChI=1S/C13H17F3N2O2/c1-3-8-18(9-12(19)20-4-2)11-7-5-6-10(17-11)13(14,15)16/h5-7H,3-4,8-9H2,1-2H3. The van der Waals surface area contributed by atoms with Crippen LogP contribution in [0.2, 0.25) is 0 Å². The Balaban J connectivity index is 2.94. The third kappa shape index (κ3) is 4.71. The Kier molecular flexibility index (Phi) is 5.79. The molecule has 0 radical (unpaired) electrons. The van der Waals surface area contributed by atoms with Crippen LogP contribution < -0.4 is 4.90 Å². The number of alkyl halides is 3. The highest BCUT2D eigenvalue weighted by molar-refractivity contribution is 5.75. The minimum atomic E-state index is -4.50. The molecule has 0 aromatic carbocycles. The average molecular weight is 290 g/mol. The number of carbonyl (C=O) groups excluding carboxylic acids is 1. The summed E-state index contributed by atoms with van der Waals surface area (Å²) in [5.41, 5.74) is -0.972. The Morgan fingerprint density at radius 3 is 2.60 bits per heavy atom. The minimum Gasteiger partial charge on any atom is -0.465 e. The Labute approximate surface area is 115 Å². The van der Waals surface area contributed by atoms with Crippen molar-refractivity contribution < 1.29 is 22.7 Å². The lowest BCUT2D eigenvalue weighted by atomic mass is 10.3. The number of ether oxygens (including phenoxy) is 1. The van der Waals surface area contributed by atoms with E-state index in [1.54, 1.807) is 6.92 Å². The van der Waals surface area contributed by atoms with Gasteiger partial charge in [0, 0.05) is 6.54 Å². The van der Waals surface area contributed by atoms with Crippen molar-refractivity contribution in [1.29, 1.82) is 0 Å². The summed E-state index contributed by atoms with van der Waals surface area (Å²) in [7, 11) is 0. The first-order chi connectivity index (χ1) is 9.38. The third-order valence-corrected chi connectivity index (χ3v) is 2.47. The van der Waals surface area contributed by atoms with E-state index in [-0.39, 0.29) is 19.0 Å². The van der Waals surface area contributed by atoms with E-state index < -0.39 is 17.8 Å². The molecule has 1 rings (SSSR count). The van der Waals surface area contributed by atoms with Crippen LogP contribution in [0.15, 0.2) is 18.2 Å². The molecule has 1 aromatic rings. The maximum Gasteiger partial charge on any atom is 0.433 e. The number of anilines is 1. The van der Waals surface area contributed by atoms with Crippen LogP contribution in [-0.2, 0) is 15.7 Å². The van der Waals surface area contributed by atoms with Crippen molar-refractivity contribution in [2.24, 2.45) is 0 Å². The molecule has 4 nitrogen and oxygen atoms in total. The first-order valence-corrected chi connectivity index (χ1v) is 6.33. The van der Waals surface area contributed by atoms with Gasteiger partial charge in [0.05, 0.1) is 6.61 Å². The molecule has 0 N–H and O–H groups in total. The second-order valence-corrected chi connectivity index (χ2v) is 4.11. The summed E-state index contributed by atoms with van der Waals surface area (Å²) in [6.07, 6.45) is -3.82. The molecule has 0 aliphatic rings. The fraction of sp³-hybridized carbons (Fsp3) is 0.538. The molecule has 7 heteroatoms. The molecule has 0 aliphatic carbocycles. The second kappa shape index (κ2) is 7.12. The predicted octanol–water partition coefficient (Wildman–Crippen LogP) is 2.88. The molecule has 1 heterocycles. The van der Waals surface area contributed by atoms with Crippen molar-refractivity contribution in [3.8, 4) is 0 Å². The third-order valence-electron chi connectivity index (χ3n) is 2.47. The molecule has 0 unspecified atom stereocenters. The van der Waals surface area contributed by atoms with Crippen LogP contribution in [0, 0.1) is 0 Å². The highest BCUT2D eigenvalue weighted by Gasteiger charge is 2.32. The summed E-state index contributed by atoms with van der Waals surface area (Å²) >= 11 is 0. The largest absolute Gasteiger partial charge is 0.465 e. The lowest BCUT2D eigenvalue weighted by Gasteiger charge is -2.22. The Hall–Kier alpha value is -1.79. The summed E-state index contributed by atoms with van der Waals surface area (Å²) in [4.78, 5) is 16.5. The SMILES string of the molecule is CCCN(CC(=O)OCC)c1cccc(C(F)(F)F)n1. The summed E-state index contributed by atoms with van der Waals surface area (Å²) in [5.74, 6) is -0.366. The molecular formula is C13H17F3N2O2. The maximum atomic E-state index is 12.6. The zero-order valence-corrected chi connectivity index (χ0v) is 11.4. The lowest BCUT2D eigenvalue weighted by Crippen LogP contribution is -2.32. The fourth-order valence-corrected chi connectivity index (χ4v) is 1.66. The zero-order valence-electron chi connectivity index (χ0n) is 11.4. The van der Waals surface area contributed by atoms with Crippen molar-refractivity contribution in [2.75, 3.05) is 24.6 Å². The summed E-state index contributed by atoms with van der Waals surface area (Å²) < 4.78 is 42.7. The molecular weight excluding hydrogens is 273 g/mol. The van der Waals surface area contributed by atoms with Gasteiger partial charge in [-0.3, -0.25) is 4.79 Å². The van der Waals surface area contributed by atoms with Crippen LogP contribution in [0.25, 0.3) is 0 Å². The number of halogens is 3. The summed E-state index contributed by atoms with van der Waals surface area (Å²) in [6, 6.07) is 3.63. The van der Waals surface area contributed by atoms with E-state index in [4.69, 9.17) is 4.74 Å². The van der Waals surface area contributed by atoms with Crippen LogP contribution >= 0.6 is 0 Å². The van der Waals surface area contributed by atoms with Gasteiger partial charge in [-0.05, 0) is 25.5 Å². The van der Waals surface area contributed by atoms with Crippen LogP contribution in [0.1, 0.15) is 26.0 Å². The van der Waals surface area contributed by atoms with Gasteiger partial charge in [0.15, 0.2) is 0 Å². The van der Waals surface area contributed by atoms with Crippen LogP contribution in [0.5, 0.6) is 0 Å². The molecule has 0 amide bonds. The van der Waals surface area contributed by atoms with E-state index >= 15 is 0 Å². The van der Waals surface area contributed by atoms with Crippen molar-refractivity contribution in [1.82, 2.24) is 4.98 Å². The summed E-state index contributed by atoms with van der Waals surface area (Å²) in [5, 5.41) is 0. The molecule has 0 saturated carbocycles. The smallest absolute Gasteiger partial charge is 0.433 e. The molecule has 0 aliphatic heterocycles. The molecule has 0 spiro atoms. The number of aromatic nitrogens is 1. The van der Waals surface area contributed by atoms with Crippen molar-refractivity contribution in [3.63, 3.8) is 0 Å². The van der Waals surface area contributed by atoms with Crippen LogP contribution in [-0.4, -0.2) is 30.6 Å². The molecule has 112 valence electrons. The normalized spacial score (nSPS) is 11.2. The predicted molar refractivity (Wildman–Crippen MR) is 68.4 cm³/mol. The highest BCUT2D eigenvalue weighted by Crippen LogP contribution is 2.28. The van der Waals surface area contributed by atoms with Crippen LogP contribution in [0.3, 0.4) is 0 Å². The van der Waals surface area contributed by atoms with Gasteiger partial charge in [-0.25, -0.2) is 4.98 Å². The number of esters is 1. The van der Waals surface area contributed by atoms with Gasteiger partial charge in [0.25, 0.3) is 0 Å². The Morgan fingerprint density at radius 2 is 2.05 bits per heavy atom. The van der Waals surface area contributed by atoms with Crippen molar-refractivity contribution in [2.45, 2.75) is 26.4 Å². The lowest BCUT2D eigenvalue weighted by molar-refractivity contribution is -0.141. The minimum absolute atomic E-state index is 0.115. The zero-order chi connectivity index (χ0) is 15.2. The number of carbonyl (C=O) groups is 1. The van der Waals surface area contributed by atoms with Gasteiger partial charge < -0.3 is 9.64 Å². The van der Waals surface area contributed by atoms with Crippen LogP contribution in [0.4, 0.5) is 19.0 Å². The van der Waals surface area contributed by atoms with E-state index in [1.807, 2.05) is 6.92 Å². The van der Waals surface area contributed by atoms with E-state index in [0.29, 0.717) is 13.0 Å². The molecule has 0 fully saturated rings. The molecule has 20 heavy (non-hydrogen) atoms. The quantitative estimate of drug-likeness (QED) is 0.756. The highest BCUT2D eigenvalue weighted by atomic mass is 19.4. The van der Waals surface area contributed by atoms with E-state index in [1.165, 1.54) is 17.0 Å². The van der Waals surface area contributed by atoms with Gasteiger partial charge in [0.2, 0.25) is 0 Å². The second-order valence-electron chi connectivity index (χ2n) is 4.11. The van der Waals surface area contributed by atoms with E-state index in [0.717, 1.165) is 6.07 Å². The number of hydrogen-bond acceptors (Lipinski definition) is 4. The Morgan fingerprint density at radius 1 is 1.35 bits per heavy atom. The first kappa shape index (κ1) is 16.3. The van der Waals surface area contributed by atoms with E-state index in [9.17, 15) is 18.0 Å². The average Bonchev–Trinajstić information content (AvgIpc) is 2.38. The maximum absolute atomic E-state index is 12.6. The van der Waals surface area contributed by atoms with Gasteiger partial charge in [-0.1, -0.05) is 13.0 Å². The molecule has 1 aromatic heterocycles. The molecule has 0 bridgehead atoms. The van der Waals surface area contributed by atoms with Gasteiger partial charge >= 0.3 is 12.1 Å². The molecule has 0 saturated heterocycles. The Bertz CT molecular complexity index is 449. The summed E-state index contributed by atoms with van der Waals surface area (Å²) in [6.45, 7) is 4.08. The number of hydrogen-bond donors (Lipinski definition) is 0. The van der Waals surface area contributed by atoms with Gasteiger partial charge in [0.1, 0.15) is 18.1 Å².